The van der Waals surface area contributed by atoms with E-state index < -0.39 is 0 Å². The fraction of sp³-hybridized carbons (Fsp3) is 0.562. The predicted octanol–water partition coefficient (Wildman–Crippen LogP) is 2.38. The van der Waals surface area contributed by atoms with Crippen molar-refractivity contribution in [2.45, 2.75) is 33.6 Å². The summed E-state index contributed by atoms with van der Waals surface area (Å²) in [5.41, 5.74) is 3.78. The first-order chi connectivity index (χ1) is 9.08. The van der Waals surface area contributed by atoms with Crippen LogP contribution in [0.5, 0.6) is 0 Å². The van der Waals surface area contributed by atoms with Crippen molar-refractivity contribution in [3.63, 3.8) is 0 Å². The van der Waals surface area contributed by atoms with Crippen LogP contribution in [0, 0.1) is 5.92 Å². The third kappa shape index (κ3) is 3.57. The molecule has 0 spiro atoms. The third-order valence-electron chi connectivity index (χ3n) is 3.56. The first-order valence-corrected chi connectivity index (χ1v) is 7.18. The smallest absolute Gasteiger partial charge is 0.223 e. The molecule has 19 heavy (non-hydrogen) atoms. The van der Waals surface area contributed by atoms with E-state index in [-0.39, 0.29) is 5.91 Å². The summed E-state index contributed by atoms with van der Waals surface area (Å²) >= 11 is 0. The Morgan fingerprint density at radius 1 is 1.42 bits per heavy atom. The molecule has 1 aromatic rings. The molecule has 1 N–H and O–H groups in total. The molecule has 0 unspecified atom stereocenters. The highest BCUT2D eigenvalue weighted by Crippen LogP contribution is 2.28. The molecule has 3 nitrogen and oxygen atoms in total. The molecular formula is C16H24N2O. The van der Waals surface area contributed by atoms with Gasteiger partial charge in [-0.15, -0.1) is 0 Å². The van der Waals surface area contributed by atoms with Crippen LogP contribution in [0.1, 0.15) is 31.9 Å². The van der Waals surface area contributed by atoms with Crippen molar-refractivity contribution in [3.05, 3.63) is 29.3 Å². The molecule has 1 aliphatic heterocycles. The lowest BCUT2D eigenvalue weighted by atomic mass is 10.1. The minimum absolute atomic E-state index is 0.144. The molecule has 0 aliphatic carbocycles. The van der Waals surface area contributed by atoms with Crippen LogP contribution >= 0.6 is 0 Å². The van der Waals surface area contributed by atoms with E-state index in [1.165, 1.54) is 11.1 Å². The van der Waals surface area contributed by atoms with Gasteiger partial charge in [-0.1, -0.05) is 26.0 Å². The van der Waals surface area contributed by atoms with Gasteiger partial charge in [-0.3, -0.25) is 4.79 Å². The molecule has 104 valence electrons. The maximum Gasteiger partial charge on any atom is 0.223 e. The average Bonchev–Trinajstić information content (AvgIpc) is 2.77. The summed E-state index contributed by atoms with van der Waals surface area (Å²) < 4.78 is 0. The van der Waals surface area contributed by atoms with Crippen LogP contribution in [0.2, 0.25) is 0 Å². The number of benzene rings is 1. The fourth-order valence-electron chi connectivity index (χ4n) is 2.56. The second-order valence-electron chi connectivity index (χ2n) is 5.73. The van der Waals surface area contributed by atoms with Gasteiger partial charge < -0.3 is 10.2 Å². The van der Waals surface area contributed by atoms with Gasteiger partial charge >= 0.3 is 0 Å². The number of anilines is 1. The number of carbonyl (C=O) groups is 1. The maximum absolute atomic E-state index is 11.5. The van der Waals surface area contributed by atoms with E-state index in [1.54, 1.807) is 6.92 Å². The summed E-state index contributed by atoms with van der Waals surface area (Å²) in [6, 6.07) is 6.51. The quantitative estimate of drug-likeness (QED) is 0.824. The molecule has 0 saturated carbocycles. The van der Waals surface area contributed by atoms with E-state index in [2.05, 4.69) is 37.4 Å². The van der Waals surface area contributed by atoms with Crippen molar-refractivity contribution >= 4 is 11.6 Å². The molecule has 1 aliphatic rings. The number of nitrogens with zero attached hydrogens (tertiary/aromatic N) is 1. The fourth-order valence-corrected chi connectivity index (χ4v) is 2.56. The minimum atomic E-state index is 0.144. The van der Waals surface area contributed by atoms with Gasteiger partial charge in [0.25, 0.3) is 0 Å². The zero-order chi connectivity index (χ0) is 13.8. The molecule has 1 aromatic carbocycles. The lowest BCUT2D eigenvalue weighted by Gasteiger charge is -2.15. The summed E-state index contributed by atoms with van der Waals surface area (Å²) in [4.78, 5) is 13.4. The highest BCUT2D eigenvalue weighted by atomic mass is 16.2. The van der Waals surface area contributed by atoms with Crippen LogP contribution in [-0.4, -0.2) is 25.5 Å². The molecule has 0 saturated heterocycles. The summed E-state index contributed by atoms with van der Waals surface area (Å²) in [5.74, 6) is 0.842. The second-order valence-corrected chi connectivity index (χ2v) is 5.73. The maximum atomic E-state index is 11.5. The van der Waals surface area contributed by atoms with Crippen molar-refractivity contribution in [1.82, 2.24) is 5.32 Å². The monoisotopic (exact) mass is 260 g/mol. The Balaban J connectivity index is 1.93. The average molecular weight is 260 g/mol. The Morgan fingerprint density at radius 2 is 2.21 bits per heavy atom. The van der Waals surface area contributed by atoms with E-state index in [9.17, 15) is 4.79 Å². The molecule has 1 amide bonds. The number of carbonyl (C=O) groups excluding carboxylic acids is 1. The van der Waals surface area contributed by atoms with Gasteiger partial charge in [0, 0.05) is 19.2 Å². The van der Waals surface area contributed by atoms with Crippen LogP contribution in [0.4, 0.5) is 5.69 Å². The number of hydrogen-bond donors (Lipinski definition) is 1. The van der Waals surface area contributed by atoms with E-state index in [4.69, 9.17) is 0 Å². The van der Waals surface area contributed by atoms with E-state index in [0.29, 0.717) is 5.92 Å². The van der Waals surface area contributed by atoms with E-state index in [0.717, 1.165) is 38.2 Å². The first-order valence-electron chi connectivity index (χ1n) is 7.18. The molecule has 0 atom stereocenters. The van der Waals surface area contributed by atoms with Gasteiger partial charge in [-0.05, 0) is 49.0 Å². The van der Waals surface area contributed by atoms with Crippen LogP contribution in [0.15, 0.2) is 18.2 Å². The number of fused-ring (bicyclic) bond motifs is 1. The highest BCUT2D eigenvalue weighted by Gasteiger charge is 2.21. The standard InChI is InChI=1S/C16H24N2O/c1-12(2)11-17-8-6-14-4-5-16-15(10-14)7-9-18(16)13(3)19/h4-5,10,12,17H,6-9,11H2,1-3H3. The number of rotatable bonds is 5. The topological polar surface area (TPSA) is 32.3 Å². The van der Waals surface area contributed by atoms with Crippen LogP contribution in [0.3, 0.4) is 0 Å². The Morgan fingerprint density at radius 3 is 2.89 bits per heavy atom. The van der Waals surface area contributed by atoms with Gasteiger partial charge in [-0.25, -0.2) is 0 Å². The van der Waals surface area contributed by atoms with Crippen LogP contribution in [-0.2, 0) is 17.6 Å². The second kappa shape index (κ2) is 6.20. The van der Waals surface area contributed by atoms with Crippen LogP contribution in [0.25, 0.3) is 0 Å². The van der Waals surface area contributed by atoms with Crippen molar-refractivity contribution < 1.29 is 4.79 Å². The predicted molar refractivity (Wildman–Crippen MR) is 79.6 cm³/mol. The zero-order valence-corrected chi connectivity index (χ0v) is 12.2. The Labute approximate surface area is 116 Å². The molecule has 1 heterocycles. The number of hydrogen-bond acceptors (Lipinski definition) is 2. The Bertz CT molecular complexity index is 454. The van der Waals surface area contributed by atoms with Gasteiger partial charge in [0.15, 0.2) is 0 Å². The summed E-state index contributed by atoms with van der Waals surface area (Å²) in [5, 5.41) is 3.46. The van der Waals surface area contributed by atoms with Crippen molar-refractivity contribution in [1.29, 1.82) is 0 Å². The normalized spacial score (nSPS) is 14.0. The largest absolute Gasteiger partial charge is 0.316 e. The summed E-state index contributed by atoms with van der Waals surface area (Å²) in [6.07, 6.45) is 2.04. The van der Waals surface area contributed by atoms with Crippen LogP contribution < -0.4 is 10.2 Å². The summed E-state index contributed by atoms with van der Waals surface area (Å²) in [7, 11) is 0. The SMILES string of the molecule is CC(=O)N1CCc2cc(CCNCC(C)C)ccc21. The van der Waals surface area contributed by atoms with Crippen molar-refractivity contribution in [2.24, 2.45) is 5.92 Å². The van der Waals surface area contributed by atoms with Crippen molar-refractivity contribution in [3.8, 4) is 0 Å². The molecule has 0 radical (unpaired) electrons. The molecule has 3 heteroatoms. The molecular weight excluding hydrogens is 236 g/mol. The van der Waals surface area contributed by atoms with Gasteiger partial charge in [0.2, 0.25) is 5.91 Å². The third-order valence-corrected chi connectivity index (χ3v) is 3.56. The lowest BCUT2D eigenvalue weighted by Crippen LogP contribution is -2.25. The summed E-state index contributed by atoms with van der Waals surface area (Å²) in [6.45, 7) is 9.01. The molecule has 0 bridgehead atoms. The lowest BCUT2D eigenvalue weighted by molar-refractivity contribution is -0.116. The van der Waals surface area contributed by atoms with E-state index in [1.807, 2.05) is 4.90 Å². The highest BCUT2D eigenvalue weighted by molar-refractivity contribution is 5.93. The van der Waals surface area contributed by atoms with Gasteiger partial charge in [-0.2, -0.15) is 0 Å². The molecule has 0 fully saturated rings. The Hall–Kier alpha value is -1.35. The van der Waals surface area contributed by atoms with E-state index >= 15 is 0 Å². The van der Waals surface area contributed by atoms with Crippen molar-refractivity contribution in [2.75, 3.05) is 24.5 Å². The zero-order valence-electron chi connectivity index (χ0n) is 12.2. The Kier molecular flexibility index (Phi) is 4.59. The molecule has 0 aromatic heterocycles. The minimum Gasteiger partial charge on any atom is -0.316 e. The van der Waals surface area contributed by atoms with Gasteiger partial charge in [0.05, 0.1) is 0 Å². The van der Waals surface area contributed by atoms with Gasteiger partial charge in [0.1, 0.15) is 0 Å². The number of amides is 1. The molecule has 2 rings (SSSR count). The first kappa shape index (κ1) is 14.1. The number of nitrogens with one attached hydrogen (secondary N) is 1.